The Morgan fingerprint density at radius 2 is 1.22 bits per heavy atom. The van der Waals surface area contributed by atoms with E-state index in [1.807, 2.05) is 38.1 Å². The smallest absolute Gasteiger partial charge is 0.216 e. The van der Waals surface area contributed by atoms with Gasteiger partial charge in [-0.25, -0.2) is 0 Å². The third-order valence-electron chi connectivity index (χ3n) is 5.35. The first kappa shape index (κ1) is 27.2. The number of nitrogens with one attached hydrogen (secondary N) is 1. The van der Waals surface area contributed by atoms with Gasteiger partial charge in [-0.2, -0.15) is 0 Å². The minimum atomic E-state index is 0.0431. The van der Waals surface area contributed by atoms with E-state index in [4.69, 9.17) is 0 Å². The van der Waals surface area contributed by atoms with Crippen LogP contribution in [0.15, 0.2) is 36.4 Å². The predicted octanol–water partition coefficient (Wildman–Crippen LogP) is 5.94. The van der Waals surface area contributed by atoms with Gasteiger partial charge in [0, 0.05) is 19.9 Å². The van der Waals surface area contributed by atoms with Crippen LogP contribution in [0.3, 0.4) is 0 Å². The van der Waals surface area contributed by atoms with Crippen molar-refractivity contribution in [2.24, 2.45) is 0 Å². The normalized spacial score (nSPS) is 10.2. The van der Waals surface area contributed by atoms with Crippen LogP contribution in [0.1, 0.15) is 77.3 Å². The van der Waals surface area contributed by atoms with Gasteiger partial charge in [0.25, 0.3) is 0 Å². The molecule has 0 unspecified atom stereocenters. The first-order valence-electron chi connectivity index (χ1n) is 11.7. The Kier molecular flexibility index (Phi) is 12.8. The van der Waals surface area contributed by atoms with Crippen molar-refractivity contribution in [1.29, 1.82) is 0 Å². The molecule has 5 nitrogen and oxygen atoms in total. The minimum Gasteiger partial charge on any atom is -0.508 e. The van der Waals surface area contributed by atoms with Crippen LogP contribution in [-0.4, -0.2) is 28.4 Å². The van der Waals surface area contributed by atoms with E-state index in [2.05, 4.69) is 5.32 Å². The molecule has 176 valence electrons. The van der Waals surface area contributed by atoms with Gasteiger partial charge in [0.2, 0.25) is 5.91 Å². The van der Waals surface area contributed by atoms with Crippen LogP contribution in [0.25, 0.3) is 11.1 Å². The molecular formula is C27H39NO4. The van der Waals surface area contributed by atoms with Gasteiger partial charge in [-0.05, 0) is 67.0 Å². The number of aryl methyl sites for hydroxylation is 2. The molecule has 0 bridgehead atoms. The molecule has 1 amide bonds. The summed E-state index contributed by atoms with van der Waals surface area (Å²) in [6.45, 7) is 7.97. The number of hydrogen-bond acceptors (Lipinski definition) is 4. The van der Waals surface area contributed by atoms with Gasteiger partial charge >= 0.3 is 0 Å². The molecule has 32 heavy (non-hydrogen) atoms. The molecule has 0 aromatic heterocycles. The van der Waals surface area contributed by atoms with Gasteiger partial charge in [-0.1, -0.05) is 57.4 Å². The summed E-state index contributed by atoms with van der Waals surface area (Å²) in [5.74, 6) is 0.952. The Hall–Kier alpha value is -2.82. The molecule has 2 aromatic rings. The van der Waals surface area contributed by atoms with Crippen molar-refractivity contribution in [3.05, 3.63) is 47.5 Å². The van der Waals surface area contributed by atoms with Gasteiger partial charge < -0.3 is 20.3 Å². The molecule has 0 spiro atoms. The van der Waals surface area contributed by atoms with Crippen LogP contribution >= 0.6 is 0 Å². The largest absolute Gasteiger partial charge is 0.508 e. The zero-order chi connectivity index (χ0) is 23.9. The lowest BCUT2D eigenvalue weighted by atomic mass is 10.00. The van der Waals surface area contributed by atoms with E-state index in [1.54, 1.807) is 19.1 Å². The van der Waals surface area contributed by atoms with Crippen molar-refractivity contribution in [3.8, 4) is 22.6 Å². The molecule has 0 aliphatic heterocycles. The highest BCUT2D eigenvalue weighted by Crippen LogP contribution is 2.30. The van der Waals surface area contributed by atoms with E-state index in [0.717, 1.165) is 73.7 Å². The van der Waals surface area contributed by atoms with Crippen LogP contribution in [-0.2, 0) is 22.4 Å². The Bertz CT molecular complexity index is 789. The second kappa shape index (κ2) is 15.1. The molecule has 0 atom stereocenters. The number of unbranched alkanes of at least 4 members (excludes halogenated alkanes) is 4. The Morgan fingerprint density at radius 3 is 1.62 bits per heavy atom. The first-order chi connectivity index (χ1) is 15.3. The van der Waals surface area contributed by atoms with Crippen LogP contribution in [0.2, 0.25) is 0 Å². The van der Waals surface area contributed by atoms with E-state index in [0.29, 0.717) is 17.9 Å². The summed E-state index contributed by atoms with van der Waals surface area (Å²) >= 11 is 0. The number of ketones is 1. The third kappa shape index (κ3) is 10.5. The summed E-state index contributed by atoms with van der Waals surface area (Å²) in [4.78, 5) is 21.1. The van der Waals surface area contributed by atoms with E-state index < -0.39 is 0 Å². The average molecular weight is 442 g/mol. The zero-order valence-electron chi connectivity index (χ0n) is 20.0. The lowest BCUT2D eigenvalue weighted by Crippen LogP contribution is -2.20. The molecule has 2 rings (SSSR count). The maximum atomic E-state index is 10.6. The standard InChI is InChI=1S/C16H18O2.C11H21NO2/c1-3-11-5-7-13(9-15(11)17)14-8-6-12(4-2)16(18)10-14;1-10(13)8-6-4-3-5-7-9-12-11(2)14/h5-10,17-18H,3-4H2,1-2H3;3-9H2,1-2H3,(H,12,14). The monoisotopic (exact) mass is 441 g/mol. The molecule has 2 aromatic carbocycles. The number of rotatable bonds is 11. The van der Waals surface area contributed by atoms with Gasteiger partial charge in [-0.15, -0.1) is 0 Å². The molecular weight excluding hydrogens is 402 g/mol. The summed E-state index contributed by atoms with van der Waals surface area (Å²) < 4.78 is 0. The maximum Gasteiger partial charge on any atom is 0.216 e. The average Bonchev–Trinajstić information content (AvgIpc) is 2.75. The van der Waals surface area contributed by atoms with Crippen LogP contribution in [0, 0.1) is 0 Å². The molecule has 0 saturated heterocycles. The fourth-order valence-corrected chi connectivity index (χ4v) is 3.38. The fourth-order valence-electron chi connectivity index (χ4n) is 3.38. The van der Waals surface area contributed by atoms with Gasteiger partial charge in [0.1, 0.15) is 17.3 Å². The van der Waals surface area contributed by atoms with Crippen LogP contribution < -0.4 is 5.32 Å². The number of aromatic hydroxyl groups is 2. The summed E-state index contributed by atoms with van der Waals surface area (Å²) in [5.41, 5.74) is 3.71. The zero-order valence-corrected chi connectivity index (χ0v) is 20.0. The molecule has 0 heterocycles. The van der Waals surface area contributed by atoms with Crippen LogP contribution in [0.5, 0.6) is 11.5 Å². The summed E-state index contributed by atoms with van der Waals surface area (Å²) in [7, 11) is 0. The van der Waals surface area contributed by atoms with Crippen molar-refractivity contribution in [2.45, 2.75) is 79.1 Å². The highest BCUT2D eigenvalue weighted by atomic mass is 16.3. The van der Waals surface area contributed by atoms with Crippen molar-refractivity contribution in [1.82, 2.24) is 5.32 Å². The molecule has 0 aliphatic rings. The van der Waals surface area contributed by atoms with Crippen molar-refractivity contribution >= 4 is 11.7 Å². The summed E-state index contributed by atoms with van der Waals surface area (Å²) in [6.07, 6.45) is 7.81. The van der Waals surface area contributed by atoms with E-state index >= 15 is 0 Å². The lowest BCUT2D eigenvalue weighted by Gasteiger charge is -2.08. The first-order valence-corrected chi connectivity index (χ1v) is 11.7. The second-order valence-corrected chi connectivity index (χ2v) is 8.10. The molecule has 5 heteroatoms. The Morgan fingerprint density at radius 1 is 0.750 bits per heavy atom. The van der Waals surface area contributed by atoms with Gasteiger partial charge in [0.05, 0.1) is 0 Å². The number of amides is 1. The van der Waals surface area contributed by atoms with Gasteiger partial charge in [0.15, 0.2) is 0 Å². The number of Topliss-reactive ketones (excluding diaryl/α,β-unsaturated/α-hetero) is 1. The molecule has 0 radical (unpaired) electrons. The molecule has 0 saturated carbocycles. The second-order valence-electron chi connectivity index (χ2n) is 8.10. The maximum absolute atomic E-state index is 10.6. The molecule has 3 N–H and O–H groups in total. The van der Waals surface area contributed by atoms with Crippen molar-refractivity contribution in [2.75, 3.05) is 6.54 Å². The quantitative estimate of drug-likeness (QED) is 0.377. The summed E-state index contributed by atoms with van der Waals surface area (Å²) in [5, 5.41) is 22.5. The van der Waals surface area contributed by atoms with E-state index in [9.17, 15) is 19.8 Å². The number of hydrogen-bond donors (Lipinski definition) is 3. The lowest BCUT2D eigenvalue weighted by molar-refractivity contribution is -0.119. The number of benzene rings is 2. The van der Waals surface area contributed by atoms with E-state index in [-0.39, 0.29) is 11.7 Å². The van der Waals surface area contributed by atoms with E-state index in [1.165, 1.54) is 6.92 Å². The highest BCUT2D eigenvalue weighted by molar-refractivity contribution is 5.75. The summed E-state index contributed by atoms with van der Waals surface area (Å²) in [6, 6.07) is 11.3. The van der Waals surface area contributed by atoms with Crippen LogP contribution in [0.4, 0.5) is 0 Å². The number of carbonyl (C=O) groups excluding carboxylic acids is 2. The third-order valence-corrected chi connectivity index (χ3v) is 5.35. The number of carbonyl (C=O) groups is 2. The molecule has 0 fully saturated rings. The minimum absolute atomic E-state index is 0.0431. The predicted molar refractivity (Wildman–Crippen MR) is 131 cm³/mol. The fraction of sp³-hybridized carbons (Fsp3) is 0.481. The van der Waals surface area contributed by atoms with Crippen molar-refractivity contribution < 1.29 is 19.8 Å². The molecule has 0 aliphatic carbocycles. The SMILES string of the molecule is CC(=O)CCCCCCCNC(C)=O.CCc1ccc(-c2ccc(CC)c(O)c2)cc1O. The van der Waals surface area contributed by atoms with Gasteiger partial charge in [-0.3, -0.25) is 4.79 Å². The topological polar surface area (TPSA) is 86.6 Å². The van der Waals surface area contributed by atoms with Crippen molar-refractivity contribution in [3.63, 3.8) is 0 Å². The Labute approximate surface area is 192 Å². The highest BCUT2D eigenvalue weighted by Gasteiger charge is 2.06. The number of phenols is 2. The number of phenolic OH excluding ortho intramolecular Hbond substituents is 2. The Balaban J connectivity index is 0.000000333.